The van der Waals surface area contributed by atoms with Gasteiger partial charge in [-0.05, 0) is 18.1 Å². The molecule has 0 aliphatic carbocycles. The lowest BCUT2D eigenvalue weighted by atomic mass is 10.0. The lowest BCUT2D eigenvalue weighted by molar-refractivity contribution is -0.127. The van der Waals surface area contributed by atoms with Crippen molar-refractivity contribution in [3.63, 3.8) is 0 Å². The summed E-state index contributed by atoms with van der Waals surface area (Å²) in [6.45, 7) is 2.68. The van der Waals surface area contributed by atoms with Crippen LogP contribution in [0.15, 0.2) is 24.3 Å². The van der Waals surface area contributed by atoms with Crippen LogP contribution in [0, 0.1) is 0 Å². The minimum Gasteiger partial charge on any atom is -0.368 e. The molecular formula is C12H15NO2. The van der Waals surface area contributed by atoms with Gasteiger partial charge < -0.3 is 10.1 Å². The van der Waals surface area contributed by atoms with Gasteiger partial charge in [0.15, 0.2) is 0 Å². The second-order valence-electron chi connectivity index (χ2n) is 3.71. The van der Waals surface area contributed by atoms with Crippen LogP contribution in [0.3, 0.4) is 0 Å². The maximum absolute atomic E-state index is 11.6. The summed E-state index contributed by atoms with van der Waals surface area (Å²) in [7, 11) is 0. The Morgan fingerprint density at radius 2 is 2.27 bits per heavy atom. The number of rotatable bonds is 3. The van der Waals surface area contributed by atoms with E-state index in [9.17, 15) is 4.79 Å². The number of hydrogen-bond donors (Lipinski definition) is 1. The molecule has 15 heavy (non-hydrogen) atoms. The van der Waals surface area contributed by atoms with E-state index in [1.54, 1.807) is 0 Å². The average Bonchev–Trinajstić information content (AvgIpc) is 2.26. The highest BCUT2D eigenvalue weighted by Crippen LogP contribution is 2.23. The first-order valence-electron chi connectivity index (χ1n) is 5.31. The third kappa shape index (κ3) is 2.18. The van der Waals surface area contributed by atoms with Gasteiger partial charge in [0.1, 0.15) is 6.10 Å². The van der Waals surface area contributed by atoms with E-state index < -0.39 is 0 Å². The molecule has 0 radical (unpaired) electrons. The van der Waals surface area contributed by atoms with Crippen LogP contribution < -0.4 is 5.32 Å². The molecule has 1 aliphatic rings. The summed E-state index contributed by atoms with van der Waals surface area (Å²) in [5, 5.41) is 2.85. The molecule has 3 heteroatoms. The van der Waals surface area contributed by atoms with Crippen molar-refractivity contribution in [3.8, 4) is 0 Å². The summed E-state index contributed by atoms with van der Waals surface area (Å²) in [5.41, 5.74) is 2.07. The van der Waals surface area contributed by atoms with Gasteiger partial charge in [-0.25, -0.2) is 0 Å². The van der Waals surface area contributed by atoms with Crippen molar-refractivity contribution in [1.29, 1.82) is 0 Å². The molecule has 1 aliphatic heterocycles. The molecule has 80 valence electrons. The number of carbonyl (C=O) groups is 1. The molecular weight excluding hydrogens is 190 g/mol. The van der Waals surface area contributed by atoms with E-state index in [1.807, 2.05) is 31.2 Å². The summed E-state index contributed by atoms with van der Waals surface area (Å²) in [6.07, 6.45) is 1.30. The molecule has 1 unspecified atom stereocenters. The average molecular weight is 205 g/mol. The molecule has 3 nitrogen and oxygen atoms in total. The molecule has 0 fully saturated rings. The van der Waals surface area contributed by atoms with Crippen molar-refractivity contribution < 1.29 is 9.53 Å². The maximum Gasteiger partial charge on any atom is 0.253 e. The monoisotopic (exact) mass is 205 g/mol. The van der Waals surface area contributed by atoms with Gasteiger partial charge >= 0.3 is 0 Å². The molecule has 0 aromatic heterocycles. The van der Waals surface area contributed by atoms with E-state index in [1.165, 1.54) is 0 Å². The molecule has 1 atom stereocenters. The number of para-hydroxylation sites is 1. The fourth-order valence-electron chi connectivity index (χ4n) is 1.72. The molecule has 0 saturated heterocycles. The van der Waals surface area contributed by atoms with Crippen LogP contribution in [0.4, 0.5) is 5.69 Å². The second-order valence-corrected chi connectivity index (χ2v) is 3.71. The Morgan fingerprint density at radius 1 is 1.47 bits per heavy atom. The molecule has 2 rings (SSSR count). The summed E-state index contributed by atoms with van der Waals surface area (Å²) < 4.78 is 5.49. The molecule has 0 spiro atoms. The zero-order valence-corrected chi connectivity index (χ0v) is 8.82. The molecule has 0 saturated carbocycles. The van der Waals surface area contributed by atoms with E-state index in [2.05, 4.69) is 5.32 Å². The van der Waals surface area contributed by atoms with Crippen molar-refractivity contribution in [2.24, 2.45) is 0 Å². The summed E-state index contributed by atoms with van der Waals surface area (Å²) in [5.74, 6) is -0.0258. The van der Waals surface area contributed by atoms with E-state index >= 15 is 0 Å². The number of carbonyl (C=O) groups excluding carboxylic acids is 1. The summed E-state index contributed by atoms with van der Waals surface area (Å²) >= 11 is 0. The lowest BCUT2D eigenvalue weighted by Gasteiger charge is -2.24. The van der Waals surface area contributed by atoms with Crippen LogP contribution in [0.2, 0.25) is 0 Å². The van der Waals surface area contributed by atoms with Crippen LogP contribution in [0.25, 0.3) is 0 Å². The highest BCUT2D eigenvalue weighted by atomic mass is 16.5. The zero-order valence-electron chi connectivity index (χ0n) is 8.82. The van der Waals surface area contributed by atoms with E-state index in [0.29, 0.717) is 13.0 Å². The Bertz CT molecular complexity index is 362. The number of benzene rings is 1. The van der Waals surface area contributed by atoms with Crippen molar-refractivity contribution in [2.75, 3.05) is 11.9 Å². The van der Waals surface area contributed by atoms with Gasteiger partial charge in [-0.3, -0.25) is 4.79 Å². The largest absolute Gasteiger partial charge is 0.368 e. The predicted octanol–water partition coefficient (Wildman–Crippen LogP) is 1.98. The minimum atomic E-state index is -0.320. The van der Waals surface area contributed by atoms with Gasteiger partial charge in [-0.1, -0.05) is 25.1 Å². The van der Waals surface area contributed by atoms with Gasteiger partial charge in [0.25, 0.3) is 5.91 Å². The number of ether oxygens (including phenoxy) is 1. The van der Waals surface area contributed by atoms with Crippen LogP contribution in [-0.4, -0.2) is 18.6 Å². The number of anilines is 1. The third-order valence-corrected chi connectivity index (χ3v) is 2.50. The Hall–Kier alpha value is -1.35. The van der Waals surface area contributed by atoms with E-state index in [4.69, 9.17) is 4.74 Å². The summed E-state index contributed by atoms with van der Waals surface area (Å²) in [6, 6.07) is 7.85. The maximum atomic E-state index is 11.6. The predicted molar refractivity (Wildman–Crippen MR) is 58.8 cm³/mol. The smallest absolute Gasteiger partial charge is 0.253 e. The first-order chi connectivity index (χ1) is 7.31. The number of nitrogens with one attached hydrogen (secondary N) is 1. The Balaban J connectivity index is 2.11. The highest BCUT2D eigenvalue weighted by molar-refractivity contribution is 5.97. The van der Waals surface area contributed by atoms with Crippen molar-refractivity contribution in [3.05, 3.63) is 29.8 Å². The van der Waals surface area contributed by atoms with Crippen molar-refractivity contribution in [2.45, 2.75) is 25.9 Å². The molecule has 0 bridgehead atoms. The molecule has 1 heterocycles. The first-order valence-corrected chi connectivity index (χ1v) is 5.31. The fraction of sp³-hybridized carbons (Fsp3) is 0.417. The van der Waals surface area contributed by atoms with Gasteiger partial charge in [0.2, 0.25) is 0 Å². The van der Waals surface area contributed by atoms with Gasteiger partial charge in [0.05, 0.1) is 0 Å². The fourth-order valence-corrected chi connectivity index (χ4v) is 1.72. The SMILES string of the molecule is CCCOC1Cc2ccccc2NC1=O. The van der Waals surface area contributed by atoms with Crippen LogP contribution in [0.5, 0.6) is 0 Å². The van der Waals surface area contributed by atoms with Crippen LogP contribution in [0.1, 0.15) is 18.9 Å². The van der Waals surface area contributed by atoms with Crippen LogP contribution in [-0.2, 0) is 16.0 Å². The van der Waals surface area contributed by atoms with Crippen molar-refractivity contribution >= 4 is 11.6 Å². The standard InChI is InChI=1S/C12H15NO2/c1-2-7-15-11-8-9-5-3-4-6-10(9)13-12(11)14/h3-6,11H,2,7-8H2,1H3,(H,13,14). The molecule has 1 N–H and O–H groups in total. The second kappa shape index (κ2) is 4.45. The van der Waals surface area contributed by atoms with Gasteiger partial charge in [0, 0.05) is 18.7 Å². The third-order valence-electron chi connectivity index (χ3n) is 2.50. The number of hydrogen-bond acceptors (Lipinski definition) is 2. The molecule has 1 amide bonds. The number of amides is 1. The first kappa shape index (κ1) is 10.2. The van der Waals surface area contributed by atoms with Gasteiger partial charge in [-0.2, -0.15) is 0 Å². The van der Waals surface area contributed by atoms with Gasteiger partial charge in [-0.15, -0.1) is 0 Å². The quantitative estimate of drug-likeness (QED) is 0.819. The molecule has 1 aromatic rings. The highest BCUT2D eigenvalue weighted by Gasteiger charge is 2.25. The number of fused-ring (bicyclic) bond motifs is 1. The minimum absolute atomic E-state index is 0.0258. The summed E-state index contributed by atoms with van der Waals surface area (Å²) in [4.78, 5) is 11.6. The topological polar surface area (TPSA) is 38.3 Å². The Kier molecular flexibility index (Phi) is 3.02. The van der Waals surface area contributed by atoms with E-state index in [-0.39, 0.29) is 12.0 Å². The normalized spacial score (nSPS) is 19.5. The Labute approximate surface area is 89.4 Å². The van der Waals surface area contributed by atoms with Crippen LogP contribution >= 0.6 is 0 Å². The lowest BCUT2D eigenvalue weighted by Crippen LogP contribution is -2.36. The van der Waals surface area contributed by atoms with E-state index in [0.717, 1.165) is 17.7 Å². The zero-order chi connectivity index (χ0) is 10.7. The Morgan fingerprint density at radius 3 is 3.07 bits per heavy atom. The van der Waals surface area contributed by atoms with Crippen molar-refractivity contribution in [1.82, 2.24) is 0 Å². The molecule has 1 aromatic carbocycles.